The molecule has 1 aliphatic heterocycles. The van der Waals surface area contributed by atoms with Crippen LogP contribution >= 0.6 is 0 Å². The average molecular weight is 246 g/mol. The molecule has 0 radical (unpaired) electrons. The summed E-state index contributed by atoms with van der Waals surface area (Å²) in [6.45, 7) is 10.7. The number of aryl methyl sites for hydroxylation is 2. The molecule has 2 rings (SSSR count). The molecule has 3 nitrogen and oxygen atoms in total. The Balaban J connectivity index is 2.20. The maximum Gasteiger partial charge on any atom is 0.253 e. The van der Waals surface area contributed by atoms with E-state index in [0.29, 0.717) is 0 Å². The Bertz CT molecular complexity index is 445. The third-order valence-electron chi connectivity index (χ3n) is 3.33. The summed E-state index contributed by atoms with van der Waals surface area (Å²) in [4.78, 5) is 14.4. The highest BCUT2D eigenvalue weighted by atomic mass is 16.2. The number of hydrogen-bond acceptors (Lipinski definition) is 2. The highest BCUT2D eigenvalue weighted by molar-refractivity contribution is 5.94. The van der Waals surface area contributed by atoms with Crippen molar-refractivity contribution in [1.29, 1.82) is 0 Å². The Morgan fingerprint density at radius 1 is 1.22 bits per heavy atom. The van der Waals surface area contributed by atoms with Crippen LogP contribution in [0.15, 0.2) is 18.2 Å². The van der Waals surface area contributed by atoms with Crippen molar-refractivity contribution in [2.24, 2.45) is 0 Å². The summed E-state index contributed by atoms with van der Waals surface area (Å²) in [5, 5.41) is 3.42. The van der Waals surface area contributed by atoms with E-state index in [9.17, 15) is 4.79 Å². The molecular weight excluding hydrogens is 224 g/mol. The molecule has 98 valence electrons. The van der Waals surface area contributed by atoms with Gasteiger partial charge in [0, 0.05) is 30.7 Å². The van der Waals surface area contributed by atoms with Crippen LogP contribution < -0.4 is 5.32 Å². The fourth-order valence-corrected chi connectivity index (χ4v) is 2.60. The summed E-state index contributed by atoms with van der Waals surface area (Å²) in [6.07, 6.45) is 0. The third-order valence-corrected chi connectivity index (χ3v) is 3.33. The first-order chi connectivity index (χ1) is 8.37. The van der Waals surface area contributed by atoms with E-state index in [2.05, 4.69) is 25.2 Å². The normalized spacial score (nSPS) is 18.8. The van der Waals surface area contributed by atoms with Crippen molar-refractivity contribution in [3.63, 3.8) is 0 Å². The smallest absolute Gasteiger partial charge is 0.253 e. The molecule has 3 heteroatoms. The van der Waals surface area contributed by atoms with Gasteiger partial charge in [-0.25, -0.2) is 0 Å². The van der Waals surface area contributed by atoms with Gasteiger partial charge >= 0.3 is 0 Å². The fourth-order valence-electron chi connectivity index (χ4n) is 2.60. The molecule has 1 saturated heterocycles. The van der Waals surface area contributed by atoms with E-state index in [4.69, 9.17) is 0 Å². The average Bonchev–Trinajstić information content (AvgIpc) is 2.25. The second-order valence-electron chi connectivity index (χ2n) is 5.91. The van der Waals surface area contributed by atoms with Crippen LogP contribution in [0, 0.1) is 13.8 Å². The van der Waals surface area contributed by atoms with Crippen LogP contribution in [-0.2, 0) is 0 Å². The third kappa shape index (κ3) is 2.91. The van der Waals surface area contributed by atoms with Gasteiger partial charge in [-0.1, -0.05) is 17.2 Å². The molecule has 0 aromatic heterocycles. The van der Waals surface area contributed by atoms with E-state index < -0.39 is 0 Å². The van der Waals surface area contributed by atoms with Crippen LogP contribution in [-0.4, -0.2) is 36.0 Å². The number of hydrogen-bond donors (Lipinski definition) is 1. The van der Waals surface area contributed by atoms with Crippen LogP contribution in [0.25, 0.3) is 0 Å². The number of carbonyl (C=O) groups is 1. The first-order valence-electron chi connectivity index (χ1n) is 6.50. The van der Waals surface area contributed by atoms with Crippen molar-refractivity contribution in [1.82, 2.24) is 10.2 Å². The summed E-state index contributed by atoms with van der Waals surface area (Å²) in [7, 11) is 0. The van der Waals surface area contributed by atoms with Crippen LogP contribution in [0.1, 0.15) is 35.3 Å². The zero-order valence-electron chi connectivity index (χ0n) is 11.7. The molecule has 1 fully saturated rings. The molecule has 1 N–H and O–H groups in total. The van der Waals surface area contributed by atoms with E-state index in [1.807, 2.05) is 30.9 Å². The van der Waals surface area contributed by atoms with Gasteiger partial charge in [-0.3, -0.25) is 4.79 Å². The molecule has 0 saturated carbocycles. The van der Waals surface area contributed by atoms with E-state index in [1.165, 1.54) is 0 Å². The summed E-state index contributed by atoms with van der Waals surface area (Å²) in [5.41, 5.74) is 3.11. The monoisotopic (exact) mass is 246 g/mol. The lowest BCUT2D eigenvalue weighted by atomic mass is 10.0. The molecular formula is C15H22N2O. The van der Waals surface area contributed by atoms with Crippen LogP contribution in [0.2, 0.25) is 0 Å². The molecule has 18 heavy (non-hydrogen) atoms. The number of piperazine rings is 1. The van der Waals surface area contributed by atoms with Crippen LogP contribution in [0.4, 0.5) is 0 Å². The Morgan fingerprint density at radius 3 is 2.39 bits per heavy atom. The Kier molecular flexibility index (Phi) is 3.44. The van der Waals surface area contributed by atoms with Gasteiger partial charge in [0.15, 0.2) is 0 Å². The van der Waals surface area contributed by atoms with Crippen molar-refractivity contribution in [2.45, 2.75) is 33.2 Å². The molecule has 0 spiro atoms. The topological polar surface area (TPSA) is 32.3 Å². The van der Waals surface area contributed by atoms with Crippen molar-refractivity contribution in [3.8, 4) is 0 Å². The van der Waals surface area contributed by atoms with Crippen LogP contribution in [0.3, 0.4) is 0 Å². The van der Waals surface area contributed by atoms with Crippen molar-refractivity contribution in [3.05, 3.63) is 34.9 Å². The number of nitrogens with one attached hydrogen (secondary N) is 1. The van der Waals surface area contributed by atoms with Gasteiger partial charge in [0.2, 0.25) is 0 Å². The van der Waals surface area contributed by atoms with Gasteiger partial charge in [0.05, 0.1) is 0 Å². The molecule has 0 unspecified atom stereocenters. The first kappa shape index (κ1) is 13.1. The predicted molar refractivity (Wildman–Crippen MR) is 73.9 cm³/mol. The zero-order valence-corrected chi connectivity index (χ0v) is 11.7. The summed E-state index contributed by atoms with van der Waals surface area (Å²) < 4.78 is 0. The van der Waals surface area contributed by atoms with E-state index in [0.717, 1.165) is 36.3 Å². The standard InChI is InChI=1S/C15H22N2O/c1-11-7-12(2)9-13(8-11)14(18)17-6-5-16-15(3,4)10-17/h7-9,16H,5-6,10H2,1-4H3. The summed E-state index contributed by atoms with van der Waals surface area (Å²) in [5.74, 6) is 0.149. The Hall–Kier alpha value is -1.35. The number of benzene rings is 1. The number of rotatable bonds is 1. The van der Waals surface area contributed by atoms with E-state index in [-0.39, 0.29) is 11.4 Å². The predicted octanol–water partition coefficient (Wildman–Crippen LogP) is 2.13. The number of carbonyl (C=O) groups excluding carboxylic acids is 1. The second-order valence-corrected chi connectivity index (χ2v) is 5.91. The van der Waals surface area contributed by atoms with Crippen LogP contribution in [0.5, 0.6) is 0 Å². The zero-order chi connectivity index (χ0) is 13.3. The minimum atomic E-state index is 0.00673. The maximum absolute atomic E-state index is 12.5. The number of amides is 1. The van der Waals surface area contributed by atoms with Gasteiger partial charge in [-0.05, 0) is 39.8 Å². The number of nitrogens with zero attached hydrogens (tertiary/aromatic N) is 1. The minimum absolute atomic E-state index is 0.00673. The fraction of sp³-hybridized carbons (Fsp3) is 0.533. The maximum atomic E-state index is 12.5. The highest BCUT2D eigenvalue weighted by Crippen LogP contribution is 2.16. The quantitative estimate of drug-likeness (QED) is 0.823. The van der Waals surface area contributed by atoms with Gasteiger partial charge in [-0.15, -0.1) is 0 Å². The molecule has 0 bridgehead atoms. The molecule has 1 aromatic carbocycles. The van der Waals surface area contributed by atoms with Gasteiger partial charge in [0.25, 0.3) is 5.91 Å². The van der Waals surface area contributed by atoms with Gasteiger partial charge in [-0.2, -0.15) is 0 Å². The molecule has 0 atom stereocenters. The van der Waals surface area contributed by atoms with Gasteiger partial charge in [0.1, 0.15) is 0 Å². The summed E-state index contributed by atoms with van der Waals surface area (Å²) in [6, 6.07) is 6.05. The molecule has 0 aliphatic carbocycles. The highest BCUT2D eigenvalue weighted by Gasteiger charge is 2.29. The van der Waals surface area contributed by atoms with E-state index in [1.54, 1.807) is 0 Å². The lowest BCUT2D eigenvalue weighted by Crippen LogP contribution is -2.58. The molecule has 1 aromatic rings. The van der Waals surface area contributed by atoms with Crippen molar-refractivity contribution >= 4 is 5.91 Å². The molecule has 1 heterocycles. The Morgan fingerprint density at radius 2 is 1.83 bits per heavy atom. The molecule has 1 aliphatic rings. The van der Waals surface area contributed by atoms with Crippen molar-refractivity contribution < 1.29 is 4.79 Å². The SMILES string of the molecule is Cc1cc(C)cc(C(=O)N2CCNC(C)(C)C2)c1. The lowest BCUT2D eigenvalue weighted by Gasteiger charge is -2.39. The minimum Gasteiger partial charge on any atom is -0.336 e. The lowest BCUT2D eigenvalue weighted by molar-refractivity contribution is 0.0652. The van der Waals surface area contributed by atoms with E-state index >= 15 is 0 Å². The first-order valence-corrected chi connectivity index (χ1v) is 6.50. The molecule has 1 amide bonds. The summed E-state index contributed by atoms with van der Waals surface area (Å²) >= 11 is 0. The Labute approximate surface area is 109 Å². The van der Waals surface area contributed by atoms with Crippen molar-refractivity contribution in [2.75, 3.05) is 19.6 Å². The van der Waals surface area contributed by atoms with Gasteiger partial charge < -0.3 is 10.2 Å². The second kappa shape index (κ2) is 4.73. The largest absolute Gasteiger partial charge is 0.336 e.